The van der Waals surface area contributed by atoms with E-state index in [-0.39, 0.29) is 5.41 Å². The fraction of sp³-hybridized carbons (Fsp3) is 0.591. The van der Waals surface area contributed by atoms with E-state index in [4.69, 9.17) is 9.26 Å². The minimum Gasteiger partial charge on any atom is -0.544 e. The van der Waals surface area contributed by atoms with Crippen LogP contribution >= 0.6 is 0 Å². The summed E-state index contributed by atoms with van der Waals surface area (Å²) in [5, 5.41) is 4.32. The lowest BCUT2D eigenvalue weighted by Gasteiger charge is -2.48. The van der Waals surface area contributed by atoms with Crippen molar-refractivity contribution in [3.05, 3.63) is 41.5 Å². The lowest BCUT2D eigenvalue weighted by molar-refractivity contribution is 0.119. The number of hydrogen-bond donors (Lipinski definition) is 0. The maximum Gasteiger partial charge on any atom is 0.242 e. The van der Waals surface area contributed by atoms with Gasteiger partial charge in [-0.3, -0.25) is 0 Å². The molecule has 0 unspecified atom stereocenters. The minimum atomic E-state index is -1.56. The summed E-state index contributed by atoms with van der Waals surface area (Å²) in [6.07, 6.45) is 9.46. The SMILES string of the molecule is CO/N=C1\C=C[C@H]2[C@@H]3CCc4cc(O[Si](C)(C)C)ccc4[C@H]3CC[C@]12C. The van der Waals surface area contributed by atoms with Gasteiger partial charge in [0, 0.05) is 5.41 Å². The van der Waals surface area contributed by atoms with Crippen LogP contribution in [0.4, 0.5) is 0 Å². The summed E-state index contributed by atoms with van der Waals surface area (Å²) in [6.45, 7) is 9.12. The van der Waals surface area contributed by atoms with Crippen molar-refractivity contribution in [3.63, 3.8) is 0 Å². The molecule has 1 fully saturated rings. The Hall–Kier alpha value is -1.55. The number of oxime groups is 1. The van der Waals surface area contributed by atoms with E-state index in [1.807, 2.05) is 0 Å². The average Bonchev–Trinajstić information content (AvgIpc) is 2.90. The lowest BCUT2D eigenvalue weighted by Crippen LogP contribution is -2.43. The number of aryl methyl sites for hydroxylation is 1. The van der Waals surface area contributed by atoms with Crippen LogP contribution in [0.2, 0.25) is 19.6 Å². The first-order valence-electron chi connectivity index (χ1n) is 9.93. The normalized spacial score (nSPS) is 34.2. The lowest BCUT2D eigenvalue weighted by atomic mass is 9.55. The molecule has 1 aromatic rings. The fourth-order valence-electron chi connectivity index (χ4n) is 5.50. The Morgan fingerprint density at radius 3 is 2.73 bits per heavy atom. The van der Waals surface area contributed by atoms with Gasteiger partial charge in [-0.2, -0.15) is 0 Å². The molecular weight excluding hydrogens is 338 g/mol. The molecule has 4 rings (SSSR count). The molecule has 0 N–H and O–H groups in total. The maximum atomic E-state index is 6.23. The van der Waals surface area contributed by atoms with Crippen molar-refractivity contribution in [3.8, 4) is 5.75 Å². The Labute approximate surface area is 158 Å². The molecule has 4 atom stereocenters. The van der Waals surface area contributed by atoms with Gasteiger partial charge >= 0.3 is 0 Å². The molecular formula is C22H31NO2Si. The van der Waals surface area contributed by atoms with E-state index in [2.05, 4.69) is 62.1 Å². The van der Waals surface area contributed by atoms with Gasteiger partial charge in [0.25, 0.3) is 0 Å². The highest BCUT2D eigenvalue weighted by Crippen LogP contribution is 2.58. The average molecular weight is 370 g/mol. The van der Waals surface area contributed by atoms with Crippen LogP contribution < -0.4 is 4.43 Å². The largest absolute Gasteiger partial charge is 0.544 e. The molecule has 0 bridgehead atoms. The van der Waals surface area contributed by atoms with Gasteiger partial charge in [-0.05, 0) is 92.4 Å². The van der Waals surface area contributed by atoms with Crippen molar-refractivity contribution in [1.82, 2.24) is 0 Å². The molecule has 4 heteroatoms. The van der Waals surface area contributed by atoms with Crippen molar-refractivity contribution in [1.29, 1.82) is 0 Å². The molecule has 3 nitrogen and oxygen atoms in total. The molecule has 0 spiro atoms. The Balaban J connectivity index is 1.61. The molecule has 1 saturated carbocycles. The van der Waals surface area contributed by atoms with E-state index >= 15 is 0 Å². The van der Waals surface area contributed by atoms with Gasteiger partial charge in [0.2, 0.25) is 8.32 Å². The third kappa shape index (κ3) is 2.92. The summed E-state index contributed by atoms with van der Waals surface area (Å²) in [5.41, 5.74) is 4.36. The molecule has 0 aromatic heterocycles. The molecule has 0 radical (unpaired) electrons. The second-order valence-corrected chi connectivity index (χ2v) is 13.8. The maximum absolute atomic E-state index is 6.23. The molecule has 0 saturated heterocycles. The second kappa shape index (κ2) is 6.26. The van der Waals surface area contributed by atoms with Crippen LogP contribution in [0.5, 0.6) is 5.75 Å². The van der Waals surface area contributed by atoms with Crippen LogP contribution in [0.1, 0.15) is 43.2 Å². The molecule has 0 aliphatic heterocycles. The van der Waals surface area contributed by atoms with Gasteiger partial charge in [-0.15, -0.1) is 0 Å². The first-order chi connectivity index (χ1) is 12.3. The van der Waals surface area contributed by atoms with Gasteiger partial charge in [0.1, 0.15) is 12.9 Å². The van der Waals surface area contributed by atoms with Gasteiger partial charge in [0.05, 0.1) is 5.71 Å². The van der Waals surface area contributed by atoms with E-state index in [0.717, 1.165) is 17.9 Å². The number of hydrogen-bond acceptors (Lipinski definition) is 3. The summed E-state index contributed by atoms with van der Waals surface area (Å²) < 4.78 is 6.23. The monoisotopic (exact) mass is 369 g/mol. The smallest absolute Gasteiger partial charge is 0.242 e. The topological polar surface area (TPSA) is 30.8 Å². The van der Waals surface area contributed by atoms with E-state index in [0.29, 0.717) is 17.8 Å². The van der Waals surface area contributed by atoms with Gasteiger partial charge < -0.3 is 9.26 Å². The highest BCUT2D eigenvalue weighted by molar-refractivity contribution is 6.70. The second-order valence-electron chi connectivity index (χ2n) is 9.38. The Bertz CT molecular complexity index is 764. The standard InChI is InChI=1S/C22H31NO2Si/c1-22-13-12-18-17-9-7-16(25-26(3,4)5)14-15(17)6-8-19(18)20(22)10-11-21(22)23-24-2/h7,9-11,14,18-20H,6,8,12-13H2,1-5H3/b23-21+/t18-,19-,20+,22+/m1/s1. The van der Waals surface area contributed by atoms with E-state index in [1.54, 1.807) is 12.7 Å². The molecule has 3 aliphatic carbocycles. The third-order valence-corrected chi connectivity index (χ3v) is 7.46. The summed E-state index contributed by atoms with van der Waals surface area (Å²) in [6, 6.07) is 6.88. The molecule has 0 heterocycles. The minimum absolute atomic E-state index is 0.148. The highest BCUT2D eigenvalue weighted by atomic mass is 28.4. The summed E-state index contributed by atoms with van der Waals surface area (Å²) in [7, 11) is 0.0977. The summed E-state index contributed by atoms with van der Waals surface area (Å²) in [5.74, 6) is 3.04. The molecule has 26 heavy (non-hydrogen) atoms. The van der Waals surface area contributed by atoms with E-state index < -0.39 is 8.32 Å². The Morgan fingerprint density at radius 1 is 1.19 bits per heavy atom. The number of rotatable bonds is 3. The first kappa shape index (κ1) is 17.8. The van der Waals surface area contributed by atoms with Crippen molar-refractivity contribution in [2.45, 2.75) is 58.2 Å². The van der Waals surface area contributed by atoms with Gasteiger partial charge in [-0.25, -0.2) is 0 Å². The molecule has 1 aromatic carbocycles. The van der Waals surface area contributed by atoms with E-state index in [9.17, 15) is 0 Å². The number of allylic oxidation sites excluding steroid dienone is 2. The third-order valence-electron chi connectivity index (χ3n) is 6.61. The Kier molecular flexibility index (Phi) is 4.29. The van der Waals surface area contributed by atoms with Gasteiger partial charge in [0.15, 0.2) is 0 Å². The van der Waals surface area contributed by atoms with Gasteiger partial charge in [-0.1, -0.05) is 24.2 Å². The summed E-state index contributed by atoms with van der Waals surface area (Å²) in [4.78, 5) is 5.11. The van der Waals surface area contributed by atoms with Crippen molar-refractivity contribution < 1.29 is 9.26 Å². The van der Waals surface area contributed by atoms with Crippen LogP contribution in [0.15, 0.2) is 35.5 Å². The zero-order valence-corrected chi connectivity index (χ0v) is 17.7. The zero-order chi connectivity index (χ0) is 18.5. The number of benzene rings is 1. The quantitative estimate of drug-likeness (QED) is 0.518. The Morgan fingerprint density at radius 2 is 2.00 bits per heavy atom. The van der Waals surface area contributed by atoms with Crippen molar-refractivity contribution in [2.75, 3.05) is 7.11 Å². The van der Waals surface area contributed by atoms with Crippen molar-refractivity contribution >= 4 is 14.0 Å². The molecule has 3 aliphatic rings. The predicted octanol–water partition coefficient (Wildman–Crippen LogP) is 5.53. The van der Waals surface area contributed by atoms with E-state index in [1.165, 1.54) is 24.8 Å². The molecule has 0 amide bonds. The van der Waals surface area contributed by atoms with Crippen LogP contribution in [-0.2, 0) is 11.3 Å². The van der Waals surface area contributed by atoms with Crippen LogP contribution in [0, 0.1) is 17.3 Å². The van der Waals surface area contributed by atoms with Crippen LogP contribution in [0.3, 0.4) is 0 Å². The number of nitrogens with zero attached hydrogens (tertiary/aromatic N) is 1. The van der Waals surface area contributed by atoms with Crippen LogP contribution in [-0.4, -0.2) is 21.1 Å². The first-order valence-corrected chi connectivity index (χ1v) is 13.3. The molecule has 140 valence electrons. The fourth-order valence-corrected chi connectivity index (χ4v) is 6.33. The predicted molar refractivity (Wildman–Crippen MR) is 109 cm³/mol. The van der Waals surface area contributed by atoms with Crippen molar-refractivity contribution in [2.24, 2.45) is 22.4 Å². The summed E-state index contributed by atoms with van der Waals surface area (Å²) >= 11 is 0. The van der Waals surface area contributed by atoms with Crippen LogP contribution in [0.25, 0.3) is 0 Å². The zero-order valence-electron chi connectivity index (χ0n) is 16.7. The highest BCUT2D eigenvalue weighted by Gasteiger charge is 2.51. The number of fused-ring (bicyclic) bond motifs is 5.